The number of aryl methyl sites for hydroxylation is 2. The highest BCUT2D eigenvalue weighted by atomic mass is 16.6. The van der Waals surface area contributed by atoms with E-state index in [1.54, 1.807) is 6.07 Å². The zero-order chi connectivity index (χ0) is 16.5. The maximum Gasteiger partial charge on any atom is 0.407 e. The molecule has 5 heteroatoms. The quantitative estimate of drug-likeness (QED) is 0.748. The van der Waals surface area contributed by atoms with Crippen molar-refractivity contribution in [1.29, 1.82) is 0 Å². The molecule has 1 aliphatic carbocycles. The number of carbonyl (C=O) groups is 1. The molecule has 2 rings (SSSR count). The Hall–Kier alpha value is -1.91. The third-order valence-electron chi connectivity index (χ3n) is 3.76. The van der Waals surface area contributed by atoms with E-state index >= 15 is 0 Å². The van der Waals surface area contributed by atoms with E-state index in [4.69, 9.17) is 4.74 Å². The number of carbonyl (C=O) groups excluding carboxylic acids is 1. The highest BCUT2D eigenvalue weighted by Gasteiger charge is 2.31. The summed E-state index contributed by atoms with van der Waals surface area (Å²) < 4.78 is 5.25. The Kier molecular flexibility index (Phi) is 4.54. The van der Waals surface area contributed by atoms with Crippen molar-refractivity contribution in [1.82, 2.24) is 5.32 Å². The third-order valence-corrected chi connectivity index (χ3v) is 3.76. The van der Waals surface area contributed by atoms with E-state index in [1.807, 2.05) is 40.7 Å². The van der Waals surface area contributed by atoms with Gasteiger partial charge in [-0.1, -0.05) is 0 Å². The summed E-state index contributed by atoms with van der Waals surface area (Å²) in [5.41, 5.74) is 2.45. The van der Waals surface area contributed by atoms with E-state index in [1.165, 1.54) is 0 Å². The predicted molar refractivity (Wildman–Crippen MR) is 87.4 cm³/mol. The number of hydrogen-bond acceptors (Lipinski definition) is 4. The monoisotopic (exact) mass is 306 g/mol. The van der Waals surface area contributed by atoms with Gasteiger partial charge in [-0.3, -0.25) is 0 Å². The summed E-state index contributed by atoms with van der Waals surface area (Å²) in [6.07, 6.45) is 1.39. The summed E-state index contributed by atoms with van der Waals surface area (Å²) in [7, 11) is 0. The molecule has 0 heterocycles. The van der Waals surface area contributed by atoms with Crippen molar-refractivity contribution < 1.29 is 14.6 Å². The lowest BCUT2D eigenvalue weighted by atomic mass is 9.86. The van der Waals surface area contributed by atoms with Crippen molar-refractivity contribution >= 4 is 11.8 Å². The van der Waals surface area contributed by atoms with Gasteiger partial charge in [-0.15, -0.1) is 0 Å². The molecule has 0 radical (unpaired) electrons. The van der Waals surface area contributed by atoms with Crippen LogP contribution in [0.3, 0.4) is 0 Å². The normalized spacial score (nSPS) is 21.0. The van der Waals surface area contributed by atoms with Gasteiger partial charge in [0.1, 0.15) is 11.4 Å². The molecule has 122 valence electrons. The molecule has 0 spiro atoms. The van der Waals surface area contributed by atoms with Gasteiger partial charge in [0.05, 0.1) is 0 Å². The standard InChI is InChI=1S/C17H26N2O3/c1-10-7-15(20)11(2)6-14(10)18-12-8-13(9-12)19-16(21)22-17(3,4)5/h6-7,12-13,18,20H,8-9H2,1-5H3,(H,19,21). The number of ether oxygens (including phenoxy) is 1. The average Bonchev–Trinajstić information content (AvgIpc) is 2.30. The highest BCUT2D eigenvalue weighted by molar-refractivity contribution is 5.68. The second-order valence-electron chi connectivity index (χ2n) is 7.11. The Bertz CT molecular complexity index is 558. The molecule has 0 saturated heterocycles. The maximum absolute atomic E-state index is 11.7. The second kappa shape index (κ2) is 6.07. The number of benzene rings is 1. The van der Waals surface area contributed by atoms with Gasteiger partial charge in [-0.25, -0.2) is 4.79 Å². The molecule has 0 bridgehead atoms. The molecule has 1 fully saturated rings. The number of nitrogens with one attached hydrogen (secondary N) is 2. The van der Waals surface area contributed by atoms with Gasteiger partial charge in [0.15, 0.2) is 0 Å². The van der Waals surface area contributed by atoms with E-state index in [2.05, 4.69) is 10.6 Å². The van der Waals surface area contributed by atoms with Crippen LogP contribution in [0.5, 0.6) is 5.75 Å². The SMILES string of the molecule is Cc1cc(NC2CC(NC(=O)OC(C)(C)C)C2)c(C)cc1O. The van der Waals surface area contributed by atoms with Gasteiger partial charge >= 0.3 is 6.09 Å². The van der Waals surface area contributed by atoms with Crippen molar-refractivity contribution in [2.45, 2.75) is 65.1 Å². The first-order chi connectivity index (χ1) is 10.1. The van der Waals surface area contributed by atoms with E-state index in [9.17, 15) is 9.90 Å². The molecule has 0 atom stereocenters. The fourth-order valence-electron chi connectivity index (χ4n) is 2.50. The number of anilines is 1. The van der Waals surface area contributed by atoms with Crippen molar-refractivity contribution in [3.05, 3.63) is 23.3 Å². The van der Waals surface area contributed by atoms with Crippen LogP contribution in [0.4, 0.5) is 10.5 Å². The van der Waals surface area contributed by atoms with E-state index in [-0.39, 0.29) is 12.1 Å². The molecular formula is C17H26N2O3. The fourth-order valence-corrected chi connectivity index (χ4v) is 2.50. The summed E-state index contributed by atoms with van der Waals surface area (Å²) in [6, 6.07) is 4.22. The molecule has 1 saturated carbocycles. The summed E-state index contributed by atoms with van der Waals surface area (Å²) in [4.78, 5) is 11.7. The van der Waals surface area contributed by atoms with Crippen LogP contribution in [-0.4, -0.2) is 28.9 Å². The zero-order valence-corrected chi connectivity index (χ0v) is 14.0. The number of amides is 1. The predicted octanol–water partition coefficient (Wildman–Crippen LogP) is 3.48. The second-order valence-corrected chi connectivity index (χ2v) is 7.11. The molecule has 0 unspecified atom stereocenters. The van der Waals surface area contributed by atoms with Crippen LogP contribution in [0.25, 0.3) is 0 Å². The molecule has 22 heavy (non-hydrogen) atoms. The molecule has 5 nitrogen and oxygen atoms in total. The summed E-state index contributed by atoms with van der Waals surface area (Å²) in [5, 5.41) is 16.0. The molecule has 1 aromatic carbocycles. The van der Waals surface area contributed by atoms with Crippen LogP contribution in [0.15, 0.2) is 12.1 Å². The van der Waals surface area contributed by atoms with Crippen LogP contribution in [-0.2, 0) is 4.74 Å². The Balaban J connectivity index is 1.80. The Labute approximate surface area is 132 Å². The fraction of sp³-hybridized carbons (Fsp3) is 0.588. The van der Waals surface area contributed by atoms with Gasteiger partial charge in [0, 0.05) is 17.8 Å². The van der Waals surface area contributed by atoms with Crippen LogP contribution >= 0.6 is 0 Å². The first kappa shape index (κ1) is 16.5. The largest absolute Gasteiger partial charge is 0.508 e. The van der Waals surface area contributed by atoms with E-state index in [0.717, 1.165) is 29.7 Å². The first-order valence-corrected chi connectivity index (χ1v) is 7.70. The van der Waals surface area contributed by atoms with Crippen LogP contribution in [0.2, 0.25) is 0 Å². The van der Waals surface area contributed by atoms with E-state index < -0.39 is 5.60 Å². The lowest BCUT2D eigenvalue weighted by Gasteiger charge is -2.37. The minimum Gasteiger partial charge on any atom is -0.508 e. The highest BCUT2D eigenvalue weighted by Crippen LogP contribution is 2.29. The molecule has 0 aliphatic heterocycles. The van der Waals surface area contributed by atoms with Gasteiger partial charge in [-0.05, 0) is 70.7 Å². The van der Waals surface area contributed by atoms with Crippen molar-refractivity contribution in [3.8, 4) is 5.75 Å². The molecule has 3 N–H and O–H groups in total. The number of phenols is 1. The molecule has 1 amide bonds. The van der Waals surface area contributed by atoms with Crippen LogP contribution in [0.1, 0.15) is 44.7 Å². The molecule has 0 aromatic heterocycles. The maximum atomic E-state index is 11.7. The average molecular weight is 306 g/mol. The topological polar surface area (TPSA) is 70.6 Å². The van der Waals surface area contributed by atoms with Gasteiger partial charge in [0.25, 0.3) is 0 Å². The molecule has 1 aliphatic rings. The lowest BCUT2D eigenvalue weighted by Crippen LogP contribution is -2.50. The Morgan fingerprint density at radius 2 is 1.82 bits per heavy atom. The molecular weight excluding hydrogens is 280 g/mol. The molecule has 1 aromatic rings. The number of aromatic hydroxyl groups is 1. The third kappa shape index (κ3) is 4.29. The zero-order valence-electron chi connectivity index (χ0n) is 14.0. The van der Waals surface area contributed by atoms with E-state index in [0.29, 0.717) is 11.8 Å². The van der Waals surface area contributed by atoms with Crippen LogP contribution in [0, 0.1) is 13.8 Å². The first-order valence-electron chi connectivity index (χ1n) is 7.70. The number of phenolic OH excluding ortho intramolecular Hbond substituents is 1. The van der Waals surface area contributed by atoms with Gasteiger partial charge < -0.3 is 20.5 Å². The minimum atomic E-state index is -0.466. The smallest absolute Gasteiger partial charge is 0.407 e. The number of hydrogen-bond donors (Lipinski definition) is 3. The summed E-state index contributed by atoms with van der Waals surface area (Å²) >= 11 is 0. The van der Waals surface area contributed by atoms with Crippen molar-refractivity contribution in [2.75, 3.05) is 5.32 Å². The Morgan fingerprint density at radius 3 is 2.41 bits per heavy atom. The van der Waals surface area contributed by atoms with Crippen LogP contribution < -0.4 is 10.6 Å². The van der Waals surface area contributed by atoms with Crippen molar-refractivity contribution in [3.63, 3.8) is 0 Å². The summed E-state index contributed by atoms with van der Waals surface area (Å²) in [5.74, 6) is 0.320. The minimum absolute atomic E-state index is 0.158. The lowest BCUT2D eigenvalue weighted by molar-refractivity contribution is 0.0475. The van der Waals surface area contributed by atoms with Crippen molar-refractivity contribution in [2.24, 2.45) is 0 Å². The Morgan fingerprint density at radius 1 is 1.18 bits per heavy atom. The van der Waals surface area contributed by atoms with Gasteiger partial charge in [0.2, 0.25) is 0 Å². The number of alkyl carbamates (subject to hydrolysis) is 1. The van der Waals surface area contributed by atoms with Gasteiger partial charge in [-0.2, -0.15) is 0 Å². The summed E-state index contributed by atoms with van der Waals surface area (Å²) in [6.45, 7) is 9.42. The number of rotatable bonds is 3.